The van der Waals surface area contributed by atoms with E-state index in [0.717, 1.165) is 23.3 Å². The summed E-state index contributed by atoms with van der Waals surface area (Å²) in [5.41, 5.74) is 2.00. The van der Waals surface area contributed by atoms with Crippen LogP contribution in [0.3, 0.4) is 0 Å². The maximum atomic E-state index is 13.2. The summed E-state index contributed by atoms with van der Waals surface area (Å²) in [5.74, 6) is 0.363. The van der Waals surface area contributed by atoms with Gasteiger partial charge in [0, 0.05) is 5.92 Å². The van der Waals surface area contributed by atoms with E-state index < -0.39 is 17.7 Å². The predicted molar refractivity (Wildman–Crippen MR) is 123 cm³/mol. The second-order valence-electron chi connectivity index (χ2n) is 7.77. The lowest BCUT2D eigenvalue weighted by Gasteiger charge is -2.25. The van der Waals surface area contributed by atoms with Gasteiger partial charge in [-0.3, -0.25) is 0 Å². The van der Waals surface area contributed by atoms with Crippen LogP contribution in [0.5, 0.6) is 0 Å². The Morgan fingerprint density at radius 2 is 1.39 bits per heavy atom. The van der Waals surface area contributed by atoms with E-state index in [2.05, 4.69) is 0 Å². The average molecular weight is 448 g/mol. The van der Waals surface area contributed by atoms with Crippen LogP contribution >= 0.6 is 0 Å². The monoisotopic (exact) mass is 448 g/mol. The number of rotatable bonds is 7. The maximum absolute atomic E-state index is 13.2. The number of furan rings is 1. The van der Waals surface area contributed by atoms with Gasteiger partial charge in [-0.15, -0.1) is 0 Å². The van der Waals surface area contributed by atoms with Gasteiger partial charge in [0.05, 0.1) is 11.5 Å². The highest BCUT2D eigenvalue weighted by Gasteiger charge is 2.32. The molecule has 1 heterocycles. The summed E-state index contributed by atoms with van der Waals surface area (Å²) in [7, 11) is 0. The molecule has 0 aliphatic heterocycles. The van der Waals surface area contributed by atoms with E-state index in [-0.39, 0.29) is 12.5 Å². The van der Waals surface area contributed by atoms with Gasteiger partial charge in [0.25, 0.3) is 0 Å². The number of benzene rings is 3. The van der Waals surface area contributed by atoms with Crippen LogP contribution in [0, 0.1) is 0 Å². The number of alkyl halides is 3. The summed E-state index contributed by atoms with van der Waals surface area (Å²) in [4.78, 5) is 0. The van der Waals surface area contributed by atoms with Crippen molar-refractivity contribution in [2.45, 2.75) is 24.6 Å². The first-order valence-electron chi connectivity index (χ1n) is 10.6. The molecule has 3 aromatic carbocycles. The quantitative estimate of drug-likeness (QED) is 0.319. The molecule has 0 aliphatic carbocycles. The van der Waals surface area contributed by atoms with Gasteiger partial charge < -0.3 is 9.52 Å². The van der Waals surface area contributed by atoms with Gasteiger partial charge in [-0.05, 0) is 41.0 Å². The minimum atomic E-state index is -4.41. The van der Waals surface area contributed by atoms with Gasteiger partial charge in [0.15, 0.2) is 0 Å². The summed E-state index contributed by atoms with van der Waals surface area (Å²) in [5, 5.41) is 9.50. The van der Waals surface area contributed by atoms with Gasteiger partial charge in [0.1, 0.15) is 18.1 Å². The van der Waals surface area contributed by atoms with E-state index in [9.17, 15) is 18.3 Å². The number of aliphatic hydroxyl groups excluding tert-OH is 1. The third-order valence-electron chi connectivity index (χ3n) is 5.58. The van der Waals surface area contributed by atoms with Crippen molar-refractivity contribution in [1.82, 2.24) is 0 Å². The Hall–Kier alpha value is -3.57. The van der Waals surface area contributed by atoms with Crippen molar-refractivity contribution >= 4 is 6.08 Å². The van der Waals surface area contributed by atoms with Gasteiger partial charge >= 0.3 is 6.18 Å². The third-order valence-corrected chi connectivity index (χ3v) is 5.58. The molecule has 0 unspecified atom stereocenters. The molecule has 0 spiro atoms. The molecule has 0 amide bonds. The van der Waals surface area contributed by atoms with Crippen molar-refractivity contribution in [3.05, 3.63) is 137 Å². The smallest absolute Gasteiger partial charge is 0.416 e. The van der Waals surface area contributed by atoms with Gasteiger partial charge in [-0.1, -0.05) is 84.9 Å². The van der Waals surface area contributed by atoms with Crippen LogP contribution in [0.4, 0.5) is 13.2 Å². The van der Waals surface area contributed by atoms with Gasteiger partial charge in [0.2, 0.25) is 0 Å². The zero-order chi connectivity index (χ0) is 23.3. The topological polar surface area (TPSA) is 33.4 Å². The fourth-order valence-electron chi connectivity index (χ4n) is 3.94. The minimum Gasteiger partial charge on any atom is -0.463 e. The fourth-order valence-corrected chi connectivity index (χ4v) is 3.94. The first kappa shape index (κ1) is 22.6. The average Bonchev–Trinajstić information content (AvgIpc) is 3.31. The molecule has 1 aromatic heterocycles. The molecule has 1 N–H and O–H groups in total. The van der Waals surface area contributed by atoms with Crippen LogP contribution in [-0.4, -0.2) is 5.11 Å². The minimum absolute atomic E-state index is 0.221. The van der Waals surface area contributed by atoms with Gasteiger partial charge in [-0.2, -0.15) is 13.2 Å². The zero-order valence-electron chi connectivity index (χ0n) is 17.7. The van der Waals surface area contributed by atoms with E-state index >= 15 is 0 Å². The lowest BCUT2D eigenvalue weighted by molar-refractivity contribution is -0.137. The SMILES string of the molecule is OCc1ccc([C@H](c2ccc(C(F)(F)F)cc2)[C@H](/C=C/c2ccccc2)c2ccccc2)o1. The second-order valence-corrected chi connectivity index (χ2v) is 7.77. The summed E-state index contributed by atoms with van der Waals surface area (Å²) in [6.07, 6.45) is -0.354. The number of hydrogen-bond donors (Lipinski definition) is 1. The third kappa shape index (κ3) is 5.44. The molecule has 0 fully saturated rings. The normalized spacial score (nSPS) is 13.8. The first-order valence-corrected chi connectivity index (χ1v) is 10.6. The van der Waals surface area contributed by atoms with Crippen LogP contribution in [0.15, 0.2) is 108 Å². The Morgan fingerprint density at radius 1 is 0.758 bits per heavy atom. The summed E-state index contributed by atoms with van der Waals surface area (Å²) in [6, 6.07) is 28.3. The Balaban J connectivity index is 1.83. The summed E-state index contributed by atoms with van der Waals surface area (Å²) < 4.78 is 45.4. The number of aliphatic hydroxyl groups is 1. The van der Waals surface area contributed by atoms with E-state index in [4.69, 9.17) is 4.42 Å². The van der Waals surface area contributed by atoms with E-state index in [1.165, 1.54) is 12.1 Å². The van der Waals surface area contributed by atoms with Crippen molar-refractivity contribution in [2.24, 2.45) is 0 Å². The van der Waals surface area contributed by atoms with Crippen molar-refractivity contribution in [1.29, 1.82) is 0 Å². The number of allylic oxidation sites excluding steroid dienone is 1. The molecule has 4 aromatic rings. The molecule has 168 valence electrons. The number of hydrogen-bond acceptors (Lipinski definition) is 2. The maximum Gasteiger partial charge on any atom is 0.416 e. The van der Waals surface area contributed by atoms with Crippen LogP contribution < -0.4 is 0 Å². The molecule has 0 radical (unpaired) electrons. The lowest BCUT2D eigenvalue weighted by atomic mass is 9.79. The van der Waals surface area contributed by atoms with Crippen molar-refractivity contribution < 1.29 is 22.7 Å². The Bertz CT molecular complexity index is 1180. The molecule has 33 heavy (non-hydrogen) atoms. The fraction of sp³-hybridized carbons (Fsp3) is 0.143. The lowest BCUT2D eigenvalue weighted by Crippen LogP contribution is -2.12. The molecule has 4 rings (SSSR count). The molecular weight excluding hydrogens is 425 g/mol. The summed E-state index contributed by atoms with van der Waals surface area (Å²) >= 11 is 0. The molecule has 0 bridgehead atoms. The molecule has 2 nitrogen and oxygen atoms in total. The van der Waals surface area contributed by atoms with Crippen LogP contribution in [0.25, 0.3) is 6.08 Å². The molecule has 5 heteroatoms. The molecule has 2 atom stereocenters. The highest BCUT2D eigenvalue weighted by atomic mass is 19.4. The molecular formula is C28H23F3O2. The van der Waals surface area contributed by atoms with Crippen molar-refractivity contribution in [2.75, 3.05) is 0 Å². The van der Waals surface area contributed by atoms with Crippen LogP contribution in [0.1, 0.15) is 45.6 Å². The number of halogens is 3. The summed E-state index contributed by atoms with van der Waals surface area (Å²) in [6.45, 7) is -0.254. The Kier molecular flexibility index (Phi) is 6.80. The standard InChI is InChI=1S/C28H23F3O2/c29-28(30,31)23-14-12-22(13-15-23)27(26-18-16-24(19-32)33-26)25(21-9-5-2-6-10-21)17-11-20-7-3-1-4-8-20/h1-18,25,27,32H,19H2/b17-11+/t25-,27-/m1/s1. The second kappa shape index (κ2) is 9.92. The first-order chi connectivity index (χ1) is 16.0. The molecule has 0 saturated carbocycles. The Labute approximate surface area is 190 Å². The zero-order valence-corrected chi connectivity index (χ0v) is 17.7. The highest BCUT2D eigenvalue weighted by molar-refractivity contribution is 5.52. The predicted octanol–water partition coefficient (Wildman–Crippen LogP) is 7.42. The van der Waals surface area contributed by atoms with Gasteiger partial charge in [-0.25, -0.2) is 0 Å². The van der Waals surface area contributed by atoms with Crippen molar-refractivity contribution in [3.8, 4) is 0 Å². The largest absolute Gasteiger partial charge is 0.463 e. The van der Waals surface area contributed by atoms with Crippen LogP contribution in [0.2, 0.25) is 0 Å². The van der Waals surface area contributed by atoms with Crippen molar-refractivity contribution in [3.63, 3.8) is 0 Å². The molecule has 0 saturated heterocycles. The van der Waals surface area contributed by atoms with E-state index in [1.54, 1.807) is 12.1 Å². The van der Waals surface area contributed by atoms with Crippen LogP contribution in [-0.2, 0) is 12.8 Å². The van der Waals surface area contributed by atoms with E-state index in [0.29, 0.717) is 17.1 Å². The Morgan fingerprint density at radius 3 is 1.97 bits per heavy atom. The molecule has 0 aliphatic rings. The highest BCUT2D eigenvalue weighted by Crippen LogP contribution is 2.41. The van der Waals surface area contributed by atoms with E-state index in [1.807, 2.05) is 72.8 Å².